The van der Waals surface area contributed by atoms with Gasteiger partial charge >= 0.3 is 0 Å². The van der Waals surface area contributed by atoms with Crippen LogP contribution in [0.4, 0.5) is 0 Å². The Hall–Kier alpha value is -2.06. The number of amides is 1. The maximum Gasteiger partial charge on any atom is 0.246 e. The number of hydrogen-bond acceptors (Lipinski definition) is 4. The van der Waals surface area contributed by atoms with E-state index in [4.69, 9.17) is 27.9 Å². The predicted octanol–water partition coefficient (Wildman–Crippen LogP) is 3.55. The molecule has 0 N–H and O–H groups in total. The lowest BCUT2D eigenvalue weighted by atomic mass is 10.2. The van der Waals surface area contributed by atoms with E-state index in [0.717, 1.165) is 5.56 Å². The van der Waals surface area contributed by atoms with Gasteiger partial charge in [-0.2, -0.15) is 4.31 Å². The number of hydrogen-bond donors (Lipinski definition) is 0. The minimum Gasteiger partial charge on any atom is -0.497 e. The van der Waals surface area contributed by atoms with E-state index < -0.39 is 10.0 Å². The summed E-state index contributed by atoms with van der Waals surface area (Å²) < 4.78 is 32.3. The lowest BCUT2D eigenvalue weighted by molar-refractivity contribution is -0.127. The number of carbonyl (C=O) groups excluding carboxylic acids is 1. The number of halogens is 2. The molecule has 0 atom stereocenters. The van der Waals surface area contributed by atoms with Crippen molar-refractivity contribution < 1.29 is 17.9 Å². The van der Waals surface area contributed by atoms with Crippen molar-refractivity contribution in [2.45, 2.75) is 4.90 Å². The molecule has 0 aromatic heterocycles. The summed E-state index contributed by atoms with van der Waals surface area (Å²) in [4.78, 5) is 14.0. The lowest BCUT2D eigenvalue weighted by Crippen LogP contribution is -2.50. The molecule has 0 radical (unpaired) electrons. The van der Waals surface area contributed by atoms with Crippen molar-refractivity contribution in [1.82, 2.24) is 9.21 Å². The number of ether oxygens (including phenoxy) is 1. The zero-order valence-corrected chi connectivity index (χ0v) is 18.0. The van der Waals surface area contributed by atoms with Crippen molar-refractivity contribution in [3.8, 4) is 5.75 Å². The second-order valence-electron chi connectivity index (χ2n) is 6.39. The Morgan fingerprint density at radius 1 is 1.03 bits per heavy atom. The molecule has 0 saturated carbocycles. The third kappa shape index (κ3) is 4.93. The SMILES string of the molecule is COc1cccc(/C=C/C(=O)N2CCN(S(=O)(=O)c3c(Cl)cccc3Cl)CC2)c1. The van der Waals surface area contributed by atoms with Crippen LogP contribution in [0.3, 0.4) is 0 Å². The third-order valence-electron chi connectivity index (χ3n) is 4.58. The second-order valence-corrected chi connectivity index (χ2v) is 9.08. The molecule has 29 heavy (non-hydrogen) atoms. The number of piperazine rings is 1. The van der Waals surface area contributed by atoms with E-state index in [-0.39, 0.29) is 47.0 Å². The Morgan fingerprint density at radius 3 is 2.28 bits per heavy atom. The molecular weight excluding hydrogens is 435 g/mol. The topological polar surface area (TPSA) is 66.9 Å². The van der Waals surface area contributed by atoms with Crippen molar-refractivity contribution in [2.24, 2.45) is 0 Å². The van der Waals surface area contributed by atoms with Gasteiger partial charge in [-0.05, 0) is 35.9 Å². The molecular formula is C20H20Cl2N2O4S. The van der Waals surface area contributed by atoms with Crippen molar-refractivity contribution >= 4 is 45.2 Å². The van der Waals surface area contributed by atoms with Crippen LogP contribution in [0.15, 0.2) is 53.4 Å². The molecule has 1 amide bonds. The molecule has 2 aromatic rings. The second kappa shape index (κ2) is 9.17. The lowest BCUT2D eigenvalue weighted by Gasteiger charge is -2.33. The largest absolute Gasteiger partial charge is 0.497 e. The van der Waals surface area contributed by atoms with Gasteiger partial charge in [0, 0.05) is 32.3 Å². The Kier molecular flexibility index (Phi) is 6.85. The van der Waals surface area contributed by atoms with E-state index in [0.29, 0.717) is 5.75 Å². The number of benzene rings is 2. The fraction of sp³-hybridized carbons (Fsp3) is 0.250. The maximum absolute atomic E-state index is 12.9. The Balaban J connectivity index is 1.65. The molecule has 154 valence electrons. The molecule has 1 fully saturated rings. The van der Waals surface area contributed by atoms with Gasteiger partial charge in [0.15, 0.2) is 0 Å². The molecule has 1 aliphatic heterocycles. The van der Waals surface area contributed by atoms with E-state index in [2.05, 4.69) is 0 Å². The van der Waals surface area contributed by atoms with Crippen molar-refractivity contribution in [2.75, 3.05) is 33.3 Å². The number of rotatable bonds is 5. The van der Waals surface area contributed by atoms with Crippen LogP contribution in [0.1, 0.15) is 5.56 Å². The smallest absolute Gasteiger partial charge is 0.246 e. The standard InChI is InChI=1S/C20H20Cl2N2O4S/c1-28-16-5-2-4-15(14-16)8-9-19(25)23-10-12-24(13-11-23)29(26,27)20-17(21)6-3-7-18(20)22/h2-9,14H,10-13H2,1H3/b9-8+. The van der Waals surface area contributed by atoms with Crippen LogP contribution in [0.2, 0.25) is 10.0 Å². The van der Waals surface area contributed by atoms with Crippen LogP contribution in [0.25, 0.3) is 6.08 Å². The highest BCUT2D eigenvalue weighted by Crippen LogP contribution is 2.31. The van der Waals surface area contributed by atoms with Crippen LogP contribution in [0.5, 0.6) is 5.75 Å². The highest BCUT2D eigenvalue weighted by Gasteiger charge is 2.32. The van der Waals surface area contributed by atoms with Gasteiger partial charge in [-0.1, -0.05) is 41.4 Å². The van der Waals surface area contributed by atoms with E-state index >= 15 is 0 Å². The molecule has 2 aromatic carbocycles. The zero-order chi connectivity index (χ0) is 21.0. The molecule has 9 heteroatoms. The van der Waals surface area contributed by atoms with Gasteiger partial charge in [-0.15, -0.1) is 0 Å². The van der Waals surface area contributed by atoms with E-state index in [1.165, 1.54) is 22.5 Å². The van der Waals surface area contributed by atoms with Gasteiger partial charge in [-0.3, -0.25) is 4.79 Å². The van der Waals surface area contributed by atoms with E-state index in [9.17, 15) is 13.2 Å². The maximum atomic E-state index is 12.9. The van der Waals surface area contributed by atoms with E-state index in [1.807, 2.05) is 24.3 Å². The molecule has 0 spiro atoms. The van der Waals surface area contributed by atoms with Crippen LogP contribution < -0.4 is 4.74 Å². The molecule has 0 bridgehead atoms. The third-order valence-corrected chi connectivity index (χ3v) is 7.43. The zero-order valence-electron chi connectivity index (χ0n) is 15.7. The van der Waals surface area contributed by atoms with Crippen molar-refractivity contribution in [3.05, 3.63) is 64.1 Å². The van der Waals surface area contributed by atoms with Crippen LogP contribution in [-0.2, 0) is 14.8 Å². The van der Waals surface area contributed by atoms with E-state index in [1.54, 1.807) is 24.2 Å². The van der Waals surface area contributed by atoms with Crippen LogP contribution in [0, 0.1) is 0 Å². The highest BCUT2D eigenvalue weighted by molar-refractivity contribution is 7.89. The van der Waals surface area contributed by atoms with Gasteiger partial charge < -0.3 is 9.64 Å². The quantitative estimate of drug-likeness (QED) is 0.647. The first-order valence-corrected chi connectivity index (χ1v) is 11.1. The molecule has 3 rings (SSSR count). The van der Waals surface area contributed by atoms with Crippen molar-refractivity contribution in [3.63, 3.8) is 0 Å². The summed E-state index contributed by atoms with van der Waals surface area (Å²) >= 11 is 12.1. The highest BCUT2D eigenvalue weighted by atomic mass is 35.5. The van der Waals surface area contributed by atoms with Gasteiger partial charge in [0.05, 0.1) is 17.2 Å². The number of carbonyl (C=O) groups is 1. The Bertz CT molecular complexity index is 1010. The average Bonchev–Trinajstić information content (AvgIpc) is 2.72. The molecule has 6 nitrogen and oxygen atoms in total. The van der Waals surface area contributed by atoms with Crippen molar-refractivity contribution in [1.29, 1.82) is 0 Å². The fourth-order valence-electron chi connectivity index (χ4n) is 3.03. The molecule has 1 saturated heterocycles. The predicted molar refractivity (Wildman–Crippen MR) is 114 cm³/mol. The fourth-order valence-corrected chi connectivity index (χ4v) is 5.54. The number of methoxy groups -OCH3 is 1. The van der Waals surface area contributed by atoms with Crippen LogP contribution >= 0.6 is 23.2 Å². The first-order chi connectivity index (χ1) is 13.8. The molecule has 1 heterocycles. The summed E-state index contributed by atoms with van der Waals surface area (Å²) in [5, 5.41) is 0.162. The first-order valence-electron chi connectivity index (χ1n) is 8.88. The number of sulfonamides is 1. The minimum absolute atomic E-state index is 0.0808. The summed E-state index contributed by atoms with van der Waals surface area (Å²) in [6, 6.07) is 11.9. The molecule has 0 unspecified atom stereocenters. The average molecular weight is 455 g/mol. The monoisotopic (exact) mass is 454 g/mol. The van der Waals surface area contributed by atoms with Gasteiger partial charge in [0.2, 0.25) is 15.9 Å². The van der Waals surface area contributed by atoms with Crippen LogP contribution in [-0.4, -0.2) is 56.8 Å². The minimum atomic E-state index is -3.84. The summed E-state index contributed by atoms with van der Waals surface area (Å²) in [5.41, 5.74) is 0.840. The first kappa shape index (κ1) is 21.6. The summed E-state index contributed by atoms with van der Waals surface area (Å²) in [6.07, 6.45) is 3.18. The number of nitrogens with zero attached hydrogens (tertiary/aromatic N) is 2. The summed E-state index contributed by atoms with van der Waals surface area (Å²) in [6.45, 7) is 0.899. The van der Waals surface area contributed by atoms with Gasteiger partial charge in [-0.25, -0.2) is 8.42 Å². The Labute approximate surface area is 180 Å². The Morgan fingerprint density at radius 2 is 1.66 bits per heavy atom. The summed E-state index contributed by atoms with van der Waals surface area (Å²) in [7, 11) is -2.26. The van der Waals surface area contributed by atoms with Gasteiger partial charge in [0.1, 0.15) is 10.6 Å². The molecule has 1 aliphatic rings. The molecule has 0 aliphatic carbocycles. The normalized spacial score (nSPS) is 15.6. The van der Waals surface area contributed by atoms with Gasteiger partial charge in [0.25, 0.3) is 0 Å². The summed E-state index contributed by atoms with van der Waals surface area (Å²) in [5.74, 6) is 0.525.